The van der Waals surface area contributed by atoms with Crippen LogP contribution >= 0.6 is 24.0 Å². The quantitative estimate of drug-likeness (QED) is 0.914. The second kappa shape index (κ2) is 8.02. The van der Waals surface area contributed by atoms with E-state index in [4.69, 9.17) is 16.3 Å². The number of nitrogens with one attached hydrogen (secondary N) is 1. The predicted molar refractivity (Wildman–Crippen MR) is 94.5 cm³/mol. The molecule has 126 valence electrons. The number of ether oxygens (including phenoxy) is 1. The molecule has 1 unspecified atom stereocenters. The van der Waals surface area contributed by atoms with Crippen molar-refractivity contribution in [3.8, 4) is 5.75 Å². The van der Waals surface area contributed by atoms with Crippen LogP contribution in [0.5, 0.6) is 5.75 Å². The highest BCUT2D eigenvalue weighted by atomic mass is 35.5. The van der Waals surface area contributed by atoms with Crippen LogP contribution in [-0.2, 0) is 13.6 Å². The molecule has 0 radical (unpaired) electrons. The summed E-state index contributed by atoms with van der Waals surface area (Å²) in [4.78, 5) is 6.95. The molecule has 7 heteroatoms. The summed E-state index contributed by atoms with van der Waals surface area (Å²) in [6.45, 7) is 3.74. The van der Waals surface area contributed by atoms with Gasteiger partial charge in [-0.2, -0.15) is 0 Å². The monoisotopic (exact) mass is 356 g/mol. The number of nitrogens with zero attached hydrogens (tertiary/aromatic N) is 3. The predicted octanol–water partition coefficient (Wildman–Crippen LogP) is 2.65. The molecule has 5 nitrogen and oxygen atoms in total. The van der Waals surface area contributed by atoms with Crippen LogP contribution in [0.4, 0.5) is 0 Å². The zero-order valence-corrected chi connectivity index (χ0v) is 14.9. The van der Waals surface area contributed by atoms with Gasteiger partial charge in [0.1, 0.15) is 11.6 Å². The van der Waals surface area contributed by atoms with Gasteiger partial charge in [0.25, 0.3) is 0 Å². The lowest BCUT2D eigenvalue weighted by molar-refractivity contribution is 0.144. The first kappa shape index (κ1) is 18.1. The molecule has 3 rings (SSSR count). The number of aromatic nitrogens is 2. The van der Waals surface area contributed by atoms with E-state index < -0.39 is 0 Å². The first-order valence-electron chi connectivity index (χ1n) is 7.43. The number of benzene rings is 1. The fraction of sp³-hybridized carbons (Fsp3) is 0.438. The number of hydrogen-bond acceptors (Lipinski definition) is 4. The Labute approximate surface area is 148 Å². The van der Waals surface area contributed by atoms with E-state index in [0.29, 0.717) is 10.8 Å². The van der Waals surface area contributed by atoms with Crippen molar-refractivity contribution in [1.82, 2.24) is 19.8 Å². The van der Waals surface area contributed by atoms with Crippen molar-refractivity contribution in [3.63, 3.8) is 0 Å². The third kappa shape index (κ3) is 3.98. The van der Waals surface area contributed by atoms with Gasteiger partial charge < -0.3 is 14.6 Å². The third-order valence-electron chi connectivity index (χ3n) is 4.11. The van der Waals surface area contributed by atoms with E-state index in [0.717, 1.165) is 32.0 Å². The summed E-state index contributed by atoms with van der Waals surface area (Å²) in [5.74, 6) is 1.80. The molecule has 1 fully saturated rings. The minimum absolute atomic E-state index is 0. The smallest absolute Gasteiger partial charge is 0.137 e. The Hall–Kier alpha value is -1.27. The van der Waals surface area contributed by atoms with Gasteiger partial charge in [-0.15, -0.1) is 12.4 Å². The summed E-state index contributed by atoms with van der Waals surface area (Å²) < 4.78 is 7.31. The maximum atomic E-state index is 6.24. The van der Waals surface area contributed by atoms with E-state index in [-0.39, 0.29) is 18.4 Å². The lowest BCUT2D eigenvalue weighted by atomic mass is 10.1. The fourth-order valence-corrected chi connectivity index (χ4v) is 3.21. The molecule has 1 aliphatic heterocycles. The van der Waals surface area contributed by atoms with Gasteiger partial charge in [-0.25, -0.2) is 4.98 Å². The number of rotatable bonds is 4. The molecule has 0 bridgehead atoms. The van der Waals surface area contributed by atoms with Crippen LogP contribution in [0, 0.1) is 0 Å². The third-order valence-corrected chi connectivity index (χ3v) is 4.41. The zero-order valence-electron chi connectivity index (χ0n) is 13.3. The molecule has 0 spiro atoms. The SMILES string of the molecule is COc1ccc(CN2CCNCC2c2nccn2C)cc1Cl.Cl. The van der Waals surface area contributed by atoms with Crippen molar-refractivity contribution in [2.75, 3.05) is 26.7 Å². The van der Waals surface area contributed by atoms with Crippen molar-refractivity contribution in [2.45, 2.75) is 12.6 Å². The van der Waals surface area contributed by atoms with Crippen LogP contribution in [0.2, 0.25) is 5.02 Å². The summed E-state index contributed by atoms with van der Waals surface area (Å²) >= 11 is 6.24. The van der Waals surface area contributed by atoms with Crippen molar-refractivity contribution in [1.29, 1.82) is 0 Å². The molecule has 1 aliphatic rings. The first-order valence-corrected chi connectivity index (χ1v) is 7.81. The second-order valence-corrected chi connectivity index (χ2v) is 5.96. The Morgan fingerprint density at radius 2 is 2.26 bits per heavy atom. The minimum Gasteiger partial charge on any atom is -0.495 e. The Morgan fingerprint density at radius 1 is 1.43 bits per heavy atom. The number of methoxy groups -OCH3 is 1. The molecule has 1 aromatic carbocycles. The number of halogens is 2. The molecule has 2 aromatic rings. The van der Waals surface area contributed by atoms with Crippen molar-refractivity contribution < 1.29 is 4.74 Å². The van der Waals surface area contributed by atoms with Crippen molar-refractivity contribution in [2.24, 2.45) is 7.05 Å². The van der Waals surface area contributed by atoms with Crippen LogP contribution in [0.15, 0.2) is 30.6 Å². The van der Waals surface area contributed by atoms with Crippen LogP contribution in [-0.4, -0.2) is 41.2 Å². The second-order valence-electron chi connectivity index (χ2n) is 5.56. The number of aryl methyl sites for hydroxylation is 1. The van der Waals surface area contributed by atoms with Crippen molar-refractivity contribution >= 4 is 24.0 Å². The van der Waals surface area contributed by atoms with Gasteiger partial charge in [0, 0.05) is 45.6 Å². The van der Waals surface area contributed by atoms with E-state index in [1.54, 1.807) is 7.11 Å². The maximum absolute atomic E-state index is 6.24. The Morgan fingerprint density at radius 3 is 2.91 bits per heavy atom. The summed E-state index contributed by atoms with van der Waals surface area (Å²) in [5.41, 5.74) is 1.19. The fourth-order valence-electron chi connectivity index (χ4n) is 2.93. The number of piperazine rings is 1. The molecule has 2 heterocycles. The minimum atomic E-state index is 0. The molecule has 0 aliphatic carbocycles. The molecule has 1 aromatic heterocycles. The summed E-state index contributed by atoms with van der Waals surface area (Å²) in [5, 5.41) is 4.11. The lowest BCUT2D eigenvalue weighted by Gasteiger charge is -2.35. The molecule has 1 N–H and O–H groups in total. The Balaban J connectivity index is 0.00000192. The largest absolute Gasteiger partial charge is 0.495 e. The molecule has 0 saturated carbocycles. The average Bonchev–Trinajstić information content (AvgIpc) is 2.94. The van der Waals surface area contributed by atoms with E-state index in [2.05, 4.69) is 25.8 Å². The highest BCUT2D eigenvalue weighted by molar-refractivity contribution is 6.32. The van der Waals surface area contributed by atoms with E-state index in [1.165, 1.54) is 5.56 Å². The van der Waals surface area contributed by atoms with Gasteiger partial charge in [-0.3, -0.25) is 4.90 Å². The molecule has 23 heavy (non-hydrogen) atoms. The Bertz CT molecular complexity index is 647. The Kier molecular flexibility index (Phi) is 6.30. The van der Waals surface area contributed by atoms with E-state index >= 15 is 0 Å². The van der Waals surface area contributed by atoms with Gasteiger partial charge >= 0.3 is 0 Å². The van der Waals surface area contributed by atoms with Gasteiger partial charge in [0.2, 0.25) is 0 Å². The van der Waals surface area contributed by atoms with Gasteiger partial charge in [-0.1, -0.05) is 17.7 Å². The van der Waals surface area contributed by atoms with E-state index in [1.807, 2.05) is 31.6 Å². The standard InChI is InChI=1S/C16H21ClN4O.ClH/c1-20-7-6-19-16(20)14-10-18-5-8-21(14)11-12-3-4-15(22-2)13(17)9-12;/h3-4,6-7,9,14,18H,5,8,10-11H2,1-2H3;1H. The summed E-state index contributed by atoms with van der Waals surface area (Å²) in [6, 6.07) is 6.25. The number of imidazole rings is 1. The summed E-state index contributed by atoms with van der Waals surface area (Å²) in [6.07, 6.45) is 3.85. The van der Waals surface area contributed by atoms with Gasteiger partial charge in [0.05, 0.1) is 18.2 Å². The average molecular weight is 357 g/mol. The molecule has 1 saturated heterocycles. The van der Waals surface area contributed by atoms with Gasteiger partial charge in [-0.05, 0) is 17.7 Å². The lowest BCUT2D eigenvalue weighted by Crippen LogP contribution is -2.46. The number of hydrogen-bond donors (Lipinski definition) is 1. The van der Waals surface area contributed by atoms with Crippen molar-refractivity contribution in [3.05, 3.63) is 47.0 Å². The van der Waals surface area contributed by atoms with Crippen LogP contribution < -0.4 is 10.1 Å². The van der Waals surface area contributed by atoms with Crippen LogP contribution in [0.3, 0.4) is 0 Å². The highest BCUT2D eigenvalue weighted by Crippen LogP contribution is 2.28. The normalized spacial score (nSPS) is 18.5. The van der Waals surface area contributed by atoms with Gasteiger partial charge in [0.15, 0.2) is 0 Å². The first-order chi connectivity index (χ1) is 10.7. The molecule has 1 atom stereocenters. The van der Waals surface area contributed by atoms with Crippen LogP contribution in [0.25, 0.3) is 0 Å². The molecular formula is C16H22Cl2N4O. The maximum Gasteiger partial charge on any atom is 0.137 e. The zero-order chi connectivity index (χ0) is 15.5. The summed E-state index contributed by atoms with van der Waals surface area (Å²) in [7, 11) is 3.67. The van der Waals surface area contributed by atoms with Crippen LogP contribution in [0.1, 0.15) is 17.4 Å². The van der Waals surface area contributed by atoms with E-state index in [9.17, 15) is 0 Å². The highest BCUT2D eigenvalue weighted by Gasteiger charge is 2.26. The topological polar surface area (TPSA) is 42.3 Å². The molecular weight excluding hydrogens is 335 g/mol. The molecule has 0 amide bonds.